The number of carbonyl (C=O) groups is 3. The van der Waals surface area contributed by atoms with Crippen LogP contribution < -0.4 is 10.6 Å². The molecule has 0 bridgehead atoms. The van der Waals surface area contributed by atoms with Crippen molar-refractivity contribution >= 4 is 17.8 Å². The first kappa shape index (κ1) is 18.4. The Labute approximate surface area is 138 Å². The molecular formula is C15H12F4N2O4. The molecule has 1 heterocycles. The Hall–Kier alpha value is -2.91. The summed E-state index contributed by atoms with van der Waals surface area (Å²) in [7, 11) is 0.825. The highest BCUT2D eigenvalue weighted by Crippen LogP contribution is 2.41. The lowest BCUT2D eigenvalue weighted by Gasteiger charge is -2.31. The smallest absolute Gasteiger partial charge is 0.425 e. The topological polar surface area (TPSA) is 84.5 Å². The average molecular weight is 360 g/mol. The van der Waals surface area contributed by atoms with E-state index in [9.17, 15) is 31.9 Å². The molecular weight excluding hydrogens is 348 g/mol. The van der Waals surface area contributed by atoms with E-state index in [1.807, 2.05) is 5.32 Å². The Kier molecular flexibility index (Phi) is 4.56. The summed E-state index contributed by atoms with van der Waals surface area (Å²) in [6.07, 6.45) is -5.39. The van der Waals surface area contributed by atoms with Gasteiger partial charge in [0, 0.05) is 5.70 Å². The molecule has 0 fully saturated rings. The summed E-state index contributed by atoms with van der Waals surface area (Å²) in [6, 6.07) is 4.27. The van der Waals surface area contributed by atoms with Crippen molar-refractivity contribution in [1.82, 2.24) is 10.6 Å². The van der Waals surface area contributed by atoms with Gasteiger partial charge in [-0.05, 0) is 19.1 Å². The largest absolute Gasteiger partial charge is 0.466 e. The number of hydrogen-bond acceptors (Lipinski definition) is 4. The fraction of sp³-hybridized carbons (Fsp3) is 0.267. The number of nitrogens with one attached hydrogen (secondary N) is 2. The van der Waals surface area contributed by atoms with E-state index >= 15 is 0 Å². The highest BCUT2D eigenvalue weighted by molar-refractivity contribution is 6.11. The molecule has 10 heteroatoms. The zero-order valence-electron chi connectivity index (χ0n) is 13.0. The van der Waals surface area contributed by atoms with E-state index in [1.165, 1.54) is 17.4 Å². The first-order chi connectivity index (χ1) is 11.6. The van der Waals surface area contributed by atoms with Crippen LogP contribution in [0.2, 0.25) is 0 Å². The third kappa shape index (κ3) is 2.83. The van der Waals surface area contributed by atoms with Crippen molar-refractivity contribution in [3.8, 4) is 0 Å². The number of carbonyl (C=O) groups excluding carboxylic acids is 3. The van der Waals surface area contributed by atoms with Crippen molar-refractivity contribution < 1.29 is 36.7 Å². The van der Waals surface area contributed by atoms with E-state index in [0.29, 0.717) is 0 Å². The van der Waals surface area contributed by atoms with Crippen molar-refractivity contribution in [1.29, 1.82) is 0 Å². The average Bonchev–Trinajstić information content (AvgIpc) is 2.77. The van der Waals surface area contributed by atoms with Gasteiger partial charge in [0.05, 0.1) is 12.7 Å². The van der Waals surface area contributed by atoms with E-state index in [2.05, 4.69) is 4.74 Å². The molecule has 1 aliphatic rings. The number of allylic oxidation sites excluding steroid dienone is 1. The number of methoxy groups -OCH3 is 1. The monoisotopic (exact) mass is 360 g/mol. The van der Waals surface area contributed by atoms with Gasteiger partial charge in [0.15, 0.2) is 0 Å². The molecule has 2 amide bonds. The Bertz CT molecular complexity index is 788. The first-order valence-electron chi connectivity index (χ1n) is 6.81. The van der Waals surface area contributed by atoms with Gasteiger partial charge in [0.2, 0.25) is 5.54 Å². The quantitative estimate of drug-likeness (QED) is 0.631. The minimum Gasteiger partial charge on any atom is -0.466 e. The van der Waals surface area contributed by atoms with Gasteiger partial charge in [-0.2, -0.15) is 13.2 Å². The van der Waals surface area contributed by atoms with Crippen molar-refractivity contribution in [3.05, 3.63) is 46.9 Å². The summed E-state index contributed by atoms with van der Waals surface area (Å²) < 4.78 is 59.2. The Morgan fingerprint density at radius 2 is 1.84 bits per heavy atom. The summed E-state index contributed by atoms with van der Waals surface area (Å²) in [5, 5.41) is 3.32. The number of esters is 1. The van der Waals surface area contributed by atoms with Gasteiger partial charge < -0.3 is 15.4 Å². The number of halogens is 4. The van der Waals surface area contributed by atoms with Gasteiger partial charge in [0.25, 0.3) is 11.8 Å². The van der Waals surface area contributed by atoms with Crippen LogP contribution in [-0.4, -0.2) is 36.6 Å². The molecule has 1 aliphatic heterocycles. The minimum atomic E-state index is -5.39. The Balaban J connectivity index is 2.60. The number of rotatable bonds is 3. The molecule has 2 rings (SSSR count). The second-order valence-corrected chi connectivity index (χ2v) is 5.13. The van der Waals surface area contributed by atoms with Gasteiger partial charge in [-0.1, -0.05) is 12.1 Å². The SMILES string of the molecule is COC(=O)C1=C(C)NC(=O)[C@]1(NC(=O)c1ccccc1F)C(F)(F)F. The molecule has 1 aromatic carbocycles. The number of hydrogen-bond donors (Lipinski definition) is 2. The van der Waals surface area contributed by atoms with Crippen LogP contribution >= 0.6 is 0 Å². The number of benzene rings is 1. The summed E-state index contributed by atoms with van der Waals surface area (Å²) in [5.74, 6) is -5.75. The van der Waals surface area contributed by atoms with E-state index in [0.717, 1.165) is 26.2 Å². The number of amides is 2. The minimum absolute atomic E-state index is 0.428. The molecule has 1 aromatic rings. The first-order valence-corrected chi connectivity index (χ1v) is 6.81. The Morgan fingerprint density at radius 1 is 1.24 bits per heavy atom. The van der Waals surface area contributed by atoms with Gasteiger partial charge in [-0.15, -0.1) is 0 Å². The lowest BCUT2D eigenvalue weighted by Crippen LogP contribution is -2.66. The van der Waals surface area contributed by atoms with Gasteiger partial charge >= 0.3 is 12.1 Å². The molecule has 0 aromatic heterocycles. The summed E-state index contributed by atoms with van der Waals surface area (Å²) in [6.45, 7) is 1.05. The van der Waals surface area contributed by atoms with Crippen LogP contribution in [0.25, 0.3) is 0 Å². The van der Waals surface area contributed by atoms with E-state index in [4.69, 9.17) is 0 Å². The highest BCUT2D eigenvalue weighted by Gasteiger charge is 2.69. The predicted molar refractivity (Wildman–Crippen MR) is 75.5 cm³/mol. The lowest BCUT2D eigenvalue weighted by molar-refractivity contribution is -0.188. The van der Waals surface area contributed by atoms with E-state index in [1.54, 1.807) is 0 Å². The van der Waals surface area contributed by atoms with Crippen LogP contribution in [0.1, 0.15) is 17.3 Å². The van der Waals surface area contributed by atoms with Crippen LogP contribution in [0.4, 0.5) is 17.6 Å². The molecule has 0 saturated heterocycles. The fourth-order valence-corrected chi connectivity index (χ4v) is 2.47. The van der Waals surface area contributed by atoms with E-state index in [-0.39, 0.29) is 0 Å². The second kappa shape index (κ2) is 6.19. The van der Waals surface area contributed by atoms with Crippen molar-refractivity contribution in [2.45, 2.75) is 18.6 Å². The normalized spacial score (nSPS) is 20.3. The second-order valence-electron chi connectivity index (χ2n) is 5.13. The molecule has 1 atom stereocenters. The molecule has 2 N–H and O–H groups in total. The van der Waals surface area contributed by atoms with Crippen LogP contribution in [0.3, 0.4) is 0 Å². The molecule has 0 saturated carbocycles. The maximum absolute atomic E-state index is 13.8. The number of ether oxygens (including phenoxy) is 1. The van der Waals surface area contributed by atoms with Gasteiger partial charge in [-0.3, -0.25) is 9.59 Å². The number of alkyl halides is 3. The lowest BCUT2D eigenvalue weighted by atomic mass is 9.88. The van der Waals surface area contributed by atoms with Crippen LogP contribution in [0.5, 0.6) is 0 Å². The van der Waals surface area contributed by atoms with Gasteiger partial charge in [-0.25, -0.2) is 9.18 Å². The zero-order chi connectivity index (χ0) is 19.0. The molecule has 6 nitrogen and oxygen atoms in total. The standard InChI is InChI=1S/C15H12F4N2O4/c1-7-10(12(23)25-2)14(13(24)20-7,15(17,18)19)21-11(22)8-5-3-4-6-9(8)16/h3-6H,1-2H3,(H,20,24)(H,21,22)/t14-/m0/s1. The molecule has 25 heavy (non-hydrogen) atoms. The van der Waals surface area contributed by atoms with Crippen molar-refractivity contribution in [2.24, 2.45) is 0 Å². The third-order valence-electron chi connectivity index (χ3n) is 3.63. The third-order valence-corrected chi connectivity index (χ3v) is 3.63. The predicted octanol–water partition coefficient (Wildman–Crippen LogP) is 1.43. The van der Waals surface area contributed by atoms with Crippen LogP contribution in [0.15, 0.2) is 35.5 Å². The molecule has 0 unspecified atom stereocenters. The van der Waals surface area contributed by atoms with E-state index < -0.39 is 52.1 Å². The fourth-order valence-electron chi connectivity index (χ4n) is 2.47. The summed E-state index contributed by atoms with van der Waals surface area (Å²) in [4.78, 5) is 36.0. The van der Waals surface area contributed by atoms with Gasteiger partial charge in [0.1, 0.15) is 11.4 Å². The van der Waals surface area contributed by atoms with Crippen LogP contribution in [0, 0.1) is 5.82 Å². The molecule has 0 aliphatic carbocycles. The van der Waals surface area contributed by atoms with Crippen LogP contribution in [-0.2, 0) is 14.3 Å². The maximum Gasteiger partial charge on any atom is 0.425 e. The Morgan fingerprint density at radius 3 is 2.36 bits per heavy atom. The van der Waals surface area contributed by atoms with Crippen molar-refractivity contribution in [3.63, 3.8) is 0 Å². The summed E-state index contributed by atoms with van der Waals surface area (Å²) in [5.41, 5.74) is -5.95. The molecule has 0 spiro atoms. The highest BCUT2D eigenvalue weighted by atomic mass is 19.4. The zero-order valence-corrected chi connectivity index (χ0v) is 13.0. The summed E-state index contributed by atoms with van der Waals surface area (Å²) >= 11 is 0. The molecule has 134 valence electrons. The molecule has 0 radical (unpaired) electrons. The van der Waals surface area contributed by atoms with Crippen molar-refractivity contribution in [2.75, 3.05) is 7.11 Å². The maximum atomic E-state index is 13.8.